The van der Waals surface area contributed by atoms with Crippen molar-refractivity contribution in [3.8, 4) is 10.6 Å². The molecule has 0 saturated heterocycles. The zero-order chi connectivity index (χ0) is 18.5. The average Bonchev–Trinajstić information content (AvgIpc) is 3.24. The number of anilines is 1. The van der Waals surface area contributed by atoms with Crippen LogP contribution in [-0.4, -0.2) is 16.8 Å². The van der Waals surface area contributed by atoms with E-state index in [2.05, 4.69) is 15.6 Å². The number of amides is 2. The molecule has 5 nitrogen and oxygen atoms in total. The van der Waals surface area contributed by atoms with E-state index in [0.717, 1.165) is 21.0 Å². The standard InChI is InChI=1S/C18H16ClN3O2S2/c1-11(23)20-9-13-6-7-16(26-13)15-10-25-18(21-15)22-17(24)8-12-4-2-3-5-14(12)19/h2-7,10H,8-9H2,1H3,(H,20,23)(H,21,22,24). The highest BCUT2D eigenvalue weighted by molar-refractivity contribution is 7.17. The largest absolute Gasteiger partial charge is 0.351 e. The lowest BCUT2D eigenvalue weighted by molar-refractivity contribution is -0.119. The third kappa shape index (κ3) is 4.91. The van der Waals surface area contributed by atoms with Crippen molar-refractivity contribution >= 4 is 51.2 Å². The third-order valence-corrected chi connectivity index (χ3v) is 5.72. The van der Waals surface area contributed by atoms with E-state index < -0.39 is 0 Å². The minimum Gasteiger partial charge on any atom is -0.351 e. The summed E-state index contributed by atoms with van der Waals surface area (Å²) < 4.78 is 0. The van der Waals surface area contributed by atoms with Crippen LogP contribution in [-0.2, 0) is 22.6 Å². The zero-order valence-corrected chi connectivity index (χ0v) is 16.3. The van der Waals surface area contributed by atoms with E-state index in [9.17, 15) is 9.59 Å². The minimum absolute atomic E-state index is 0.0582. The first-order valence-electron chi connectivity index (χ1n) is 7.83. The van der Waals surface area contributed by atoms with Crippen LogP contribution in [0.5, 0.6) is 0 Å². The van der Waals surface area contributed by atoms with Crippen LogP contribution < -0.4 is 10.6 Å². The van der Waals surface area contributed by atoms with Crippen LogP contribution in [0.2, 0.25) is 5.02 Å². The molecule has 1 aromatic carbocycles. The van der Waals surface area contributed by atoms with Gasteiger partial charge in [-0.3, -0.25) is 9.59 Å². The smallest absolute Gasteiger partial charge is 0.230 e. The molecule has 2 heterocycles. The first kappa shape index (κ1) is 18.6. The number of nitrogens with zero attached hydrogens (tertiary/aromatic N) is 1. The van der Waals surface area contributed by atoms with Crippen molar-refractivity contribution < 1.29 is 9.59 Å². The fourth-order valence-corrected chi connectivity index (χ4v) is 4.16. The Morgan fingerprint density at radius 1 is 1.19 bits per heavy atom. The zero-order valence-electron chi connectivity index (χ0n) is 13.9. The highest BCUT2D eigenvalue weighted by Crippen LogP contribution is 2.31. The minimum atomic E-state index is -0.156. The van der Waals surface area contributed by atoms with Gasteiger partial charge in [-0.05, 0) is 23.8 Å². The van der Waals surface area contributed by atoms with Crippen molar-refractivity contribution in [2.45, 2.75) is 19.9 Å². The van der Waals surface area contributed by atoms with Gasteiger partial charge < -0.3 is 10.6 Å². The number of rotatable bonds is 6. The van der Waals surface area contributed by atoms with Crippen LogP contribution in [0, 0.1) is 0 Å². The molecule has 3 aromatic rings. The molecule has 3 rings (SSSR count). The highest BCUT2D eigenvalue weighted by atomic mass is 35.5. The van der Waals surface area contributed by atoms with Crippen molar-refractivity contribution in [3.05, 3.63) is 57.2 Å². The summed E-state index contributed by atoms with van der Waals surface area (Å²) in [5.74, 6) is -0.214. The molecule has 0 aliphatic rings. The molecular formula is C18H16ClN3O2S2. The molecule has 2 amide bonds. The van der Waals surface area contributed by atoms with Gasteiger partial charge in [0.05, 0.1) is 23.5 Å². The number of thiazole rings is 1. The lowest BCUT2D eigenvalue weighted by atomic mass is 10.1. The van der Waals surface area contributed by atoms with Gasteiger partial charge in [0.25, 0.3) is 0 Å². The summed E-state index contributed by atoms with van der Waals surface area (Å²) in [4.78, 5) is 29.7. The number of carbonyl (C=O) groups is 2. The van der Waals surface area contributed by atoms with Crippen molar-refractivity contribution in [2.24, 2.45) is 0 Å². The van der Waals surface area contributed by atoms with Crippen molar-refractivity contribution in [3.63, 3.8) is 0 Å². The molecule has 0 atom stereocenters. The molecule has 8 heteroatoms. The van der Waals surface area contributed by atoms with E-state index in [1.807, 2.05) is 35.7 Å². The average molecular weight is 406 g/mol. The topological polar surface area (TPSA) is 71.1 Å². The Morgan fingerprint density at radius 3 is 2.77 bits per heavy atom. The van der Waals surface area contributed by atoms with Gasteiger partial charge in [-0.25, -0.2) is 4.98 Å². The summed E-state index contributed by atoms with van der Waals surface area (Å²) in [5, 5.41) is 8.61. The third-order valence-electron chi connectivity index (χ3n) is 3.49. The molecule has 0 radical (unpaired) electrons. The predicted molar refractivity (Wildman–Crippen MR) is 107 cm³/mol. The molecular weight excluding hydrogens is 390 g/mol. The molecule has 0 aliphatic carbocycles. The second-order valence-electron chi connectivity index (χ2n) is 5.53. The summed E-state index contributed by atoms with van der Waals surface area (Å²) in [6.45, 7) is 2.00. The number of nitrogens with one attached hydrogen (secondary N) is 2. The highest BCUT2D eigenvalue weighted by Gasteiger charge is 2.12. The molecule has 0 bridgehead atoms. The molecule has 26 heavy (non-hydrogen) atoms. The number of halogens is 1. The van der Waals surface area contributed by atoms with E-state index in [1.165, 1.54) is 18.3 Å². The normalized spacial score (nSPS) is 10.5. The van der Waals surface area contributed by atoms with Gasteiger partial charge in [0.15, 0.2) is 5.13 Å². The first-order chi connectivity index (χ1) is 12.5. The second kappa shape index (κ2) is 8.44. The van der Waals surface area contributed by atoms with Crippen molar-refractivity contribution in [1.82, 2.24) is 10.3 Å². The van der Waals surface area contributed by atoms with Crippen LogP contribution in [0.3, 0.4) is 0 Å². The van der Waals surface area contributed by atoms with Gasteiger partial charge in [0.1, 0.15) is 0 Å². The van der Waals surface area contributed by atoms with Crippen molar-refractivity contribution in [2.75, 3.05) is 5.32 Å². The number of hydrogen-bond donors (Lipinski definition) is 2. The Balaban J connectivity index is 1.62. The molecule has 0 unspecified atom stereocenters. The van der Waals surface area contributed by atoms with Gasteiger partial charge in [-0.15, -0.1) is 22.7 Å². The monoisotopic (exact) mass is 405 g/mol. The predicted octanol–water partition coefficient (Wildman–Crippen LogP) is 4.34. The Bertz CT molecular complexity index is 936. The molecule has 134 valence electrons. The Kier molecular flexibility index (Phi) is 6.03. The second-order valence-corrected chi connectivity index (χ2v) is 7.96. The molecule has 2 aromatic heterocycles. The lowest BCUT2D eigenvalue weighted by Crippen LogP contribution is -2.17. The SMILES string of the molecule is CC(=O)NCc1ccc(-c2csc(NC(=O)Cc3ccccc3Cl)n2)s1. The quantitative estimate of drug-likeness (QED) is 0.640. The van der Waals surface area contributed by atoms with Crippen LogP contribution in [0.15, 0.2) is 41.8 Å². The van der Waals surface area contributed by atoms with Crippen LogP contribution in [0.25, 0.3) is 10.6 Å². The summed E-state index contributed by atoms with van der Waals surface area (Å²) in [6.07, 6.45) is 0.203. The lowest BCUT2D eigenvalue weighted by Gasteiger charge is -2.03. The van der Waals surface area contributed by atoms with Crippen molar-refractivity contribution in [1.29, 1.82) is 0 Å². The number of hydrogen-bond acceptors (Lipinski definition) is 5. The maximum absolute atomic E-state index is 12.2. The number of aromatic nitrogens is 1. The van der Waals surface area contributed by atoms with Gasteiger partial charge in [-0.1, -0.05) is 29.8 Å². The van der Waals surface area contributed by atoms with E-state index in [0.29, 0.717) is 16.7 Å². The molecule has 2 N–H and O–H groups in total. The summed E-state index contributed by atoms with van der Waals surface area (Å²) in [5.41, 5.74) is 1.59. The van der Waals surface area contributed by atoms with E-state index in [1.54, 1.807) is 17.4 Å². The maximum atomic E-state index is 12.2. The molecule has 0 spiro atoms. The maximum Gasteiger partial charge on any atom is 0.230 e. The summed E-state index contributed by atoms with van der Waals surface area (Å²) >= 11 is 9.03. The Morgan fingerprint density at radius 2 is 2.00 bits per heavy atom. The van der Waals surface area contributed by atoms with E-state index in [-0.39, 0.29) is 18.2 Å². The molecule has 0 aliphatic heterocycles. The van der Waals surface area contributed by atoms with Gasteiger partial charge in [-0.2, -0.15) is 0 Å². The summed E-state index contributed by atoms with van der Waals surface area (Å²) in [7, 11) is 0. The van der Waals surface area contributed by atoms with Crippen LogP contribution in [0.1, 0.15) is 17.4 Å². The number of benzene rings is 1. The van der Waals surface area contributed by atoms with Gasteiger partial charge in [0.2, 0.25) is 11.8 Å². The molecule has 0 fully saturated rings. The Labute approximate surface area is 164 Å². The number of carbonyl (C=O) groups excluding carboxylic acids is 2. The fourth-order valence-electron chi connectivity index (χ4n) is 2.24. The summed E-state index contributed by atoms with van der Waals surface area (Å²) in [6, 6.07) is 11.2. The Hall–Kier alpha value is -2.22. The van der Waals surface area contributed by atoms with E-state index >= 15 is 0 Å². The first-order valence-corrected chi connectivity index (χ1v) is 9.91. The molecule has 0 saturated carbocycles. The van der Waals surface area contributed by atoms with Gasteiger partial charge >= 0.3 is 0 Å². The van der Waals surface area contributed by atoms with E-state index in [4.69, 9.17) is 11.6 Å². The van der Waals surface area contributed by atoms with Crippen LogP contribution >= 0.6 is 34.3 Å². The number of thiophene rings is 1. The van der Waals surface area contributed by atoms with Gasteiger partial charge in [0, 0.05) is 22.2 Å². The van der Waals surface area contributed by atoms with Crippen LogP contribution in [0.4, 0.5) is 5.13 Å². The fraction of sp³-hybridized carbons (Fsp3) is 0.167.